The van der Waals surface area contributed by atoms with E-state index in [-0.39, 0.29) is 12.5 Å². The third-order valence-corrected chi connectivity index (χ3v) is 5.60. The number of rotatable bonds is 5. The van der Waals surface area contributed by atoms with Crippen LogP contribution < -0.4 is 14.3 Å². The number of hydrogen-bond donors (Lipinski definition) is 0. The number of para-hydroxylation sites is 3. The second kappa shape index (κ2) is 8.16. The molecule has 0 aliphatic carbocycles. The van der Waals surface area contributed by atoms with Crippen LogP contribution in [0.25, 0.3) is 10.2 Å². The molecule has 0 bridgehead atoms. The number of aryl methyl sites for hydroxylation is 1. The van der Waals surface area contributed by atoms with E-state index in [1.807, 2.05) is 37.3 Å². The largest absolute Gasteiger partial charge is 0.485 e. The number of carbonyl (C=O) groups is 1. The van der Waals surface area contributed by atoms with Gasteiger partial charge in [-0.2, -0.15) is 4.99 Å². The first-order chi connectivity index (χ1) is 13.7. The molecule has 0 radical (unpaired) electrons. The number of ether oxygens (including phenoxy) is 3. The lowest BCUT2D eigenvalue weighted by Crippen LogP contribution is -2.37. The zero-order valence-corrected chi connectivity index (χ0v) is 16.7. The van der Waals surface area contributed by atoms with E-state index in [9.17, 15) is 4.79 Å². The van der Waals surface area contributed by atoms with Crippen LogP contribution >= 0.6 is 11.3 Å². The topological polar surface area (TPSA) is 62.1 Å². The first-order valence-corrected chi connectivity index (χ1v) is 10.1. The number of benzene rings is 2. The maximum absolute atomic E-state index is 12.8. The maximum Gasteiger partial charge on any atom is 0.292 e. The second-order valence-electron chi connectivity index (χ2n) is 6.47. The average Bonchev–Trinajstić information content (AvgIpc) is 3.06. The Morgan fingerprint density at radius 2 is 2.07 bits per heavy atom. The SMILES string of the molecule is CCOCCn1c(=NC(=O)C2COc3ccccc3O2)sc2cccc(C)c21. The molecule has 0 fully saturated rings. The van der Waals surface area contributed by atoms with Gasteiger partial charge in [-0.3, -0.25) is 4.79 Å². The monoisotopic (exact) mass is 398 g/mol. The minimum Gasteiger partial charge on any atom is -0.485 e. The van der Waals surface area contributed by atoms with Crippen LogP contribution in [0.2, 0.25) is 0 Å². The first-order valence-electron chi connectivity index (χ1n) is 9.31. The molecule has 1 aliphatic heterocycles. The van der Waals surface area contributed by atoms with E-state index in [1.165, 1.54) is 11.3 Å². The molecule has 6 nitrogen and oxygen atoms in total. The third-order valence-electron chi connectivity index (χ3n) is 4.56. The van der Waals surface area contributed by atoms with Crippen molar-refractivity contribution >= 4 is 27.5 Å². The van der Waals surface area contributed by atoms with Crippen molar-refractivity contribution in [1.29, 1.82) is 0 Å². The number of fused-ring (bicyclic) bond motifs is 2. The highest BCUT2D eigenvalue weighted by molar-refractivity contribution is 7.16. The summed E-state index contributed by atoms with van der Waals surface area (Å²) in [5.74, 6) is 0.874. The zero-order valence-electron chi connectivity index (χ0n) is 15.9. The van der Waals surface area contributed by atoms with Crippen LogP contribution in [-0.4, -0.2) is 36.4 Å². The zero-order chi connectivity index (χ0) is 19.5. The van der Waals surface area contributed by atoms with E-state index in [0.29, 0.717) is 36.1 Å². The van der Waals surface area contributed by atoms with E-state index in [1.54, 1.807) is 6.07 Å². The standard InChI is InChI=1S/C21H22N2O4S/c1-3-25-12-11-23-19-14(2)7-6-10-18(19)28-21(23)22-20(24)17-13-26-15-8-4-5-9-16(15)27-17/h4-10,17H,3,11-13H2,1-2H3. The highest BCUT2D eigenvalue weighted by Crippen LogP contribution is 2.31. The van der Waals surface area contributed by atoms with Crippen molar-refractivity contribution in [2.75, 3.05) is 19.8 Å². The van der Waals surface area contributed by atoms with Crippen molar-refractivity contribution in [2.24, 2.45) is 4.99 Å². The van der Waals surface area contributed by atoms with Gasteiger partial charge in [-0.25, -0.2) is 0 Å². The Labute approximate surface area is 167 Å². The van der Waals surface area contributed by atoms with Gasteiger partial charge < -0.3 is 18.8 Å². The molecule has 146 valence electrons. The lowest BCUT2D eigenvalue weighted by molar-refractivity contribution is -0.127. The molecule has 1 aromatic heterocycles. The molecule has 2 aromatic carbocycles. The maximum atomic E-state index is 12.8. The summed E-state index contributed by atoms with van der Waals surface area (Å²) < 4.78 is 20.1. The summed E-state index contributed by atoms with van der Waals surface area (Å²) in [6.07, 6.45) is -0.749. The van der Waals surface area contributed by atoms with Crippen molar-refractivity contribution in [3.05, 3.63) is 52.8 Å². The van der Waals surface area contributed by atoms with Gasteiger partial charge >= 0.3 is 0 Å². The molecule has 2 heterocycles. The summed E-state index contributed by atoms with van der Waals surface area (Å²) >= 11 is 1.50. The number of nitrogens with zero attached hydrogens (tertiary/aromatic N) is 2. The van der Waals surface area contributed by atoms with Crippen LogP contribution in [0.1, 0.15) is 12.5 Å². The van der Waals surface area contributed by atoms with Crippen molar-refractivity contribution in [3.8, 4) is 11.5 Å². The smallest absolute Gasteiger partial charge is 0.292 e. The molecule has 4 rings (SSSR count). The number of carbonyl (C=O) groups excluding carboxylic acids is 1. The molecule has 0 saturated heterocycles. The predicted octanol–water partition coefficient (Wildman–Crippen LogP) is 3.32. The van der Waals surface area contributed by atoms with Gasteiger partial charge in [0.2, 0.25) is 6.10 Å². The summed E-state index contributed by atoms with van der Waals surface area (Å²) in [7, 11) is 0. The van der Waals surface area contributed by atoms with Gasteiger partial charge in [-0.1, -0.05) is 35.6 Å². The number of aromatic nitrogens is 1. The fraction of sp³-hybridized carbons (Fsp3) is 0.333. The molecular formula is C21H22N2O4S. The average molecular weight is 398 g/mol. The van der Waals surface area contributed by atoms with Gasteiger partial charge in [-0.15, -0.1) is 0 Å². The molecule has 7 heteroatoms. The molecule has 0 N–H and O–H groups in total. The van der Waals surface area contributed by atoms with E-state index in [2.05, 4.69) is 22.5 Å². The molecular weight excluding hydrogens is 376 g/mol. The number of hydrogen-bond acceptors (Lipinski definition) is 5. The van der Waals surface area contributed by atoms with Crippen molar-refractivity contribution in [1.82, 2.24) is 4.57 Å². The lowest BCUT2D eigenvalue weighted by Gasteiger charge is -2.23. The fourth-order valence-electron chi connectivity index (χ4n) is 3.21. The molecule has 1 atom stereocenters. The molecule has 1 unspecified atom stereocenters. The van der Waals surface area contributed by atoms with Gasteiger partial charge in [0.05, 0.1) is 16.8 Å². The summed E-state index contributed by atoms with van der Waals surface area (Å²) in [6.45, 7) is 6.04. The third kappa shape index (κ3) is 3.68. The summed E-state index contributed by atoms with van der Waals surface area (Å²) in [4.78, 5) is 17.9. The molecule has 0 spiro atoms. The second-order valence-corrected chi connectivity index (χ2v) is 7.48. The Kier molecular flexibility index (Phi) is 5.45. The van der Waals surface area contributed by atoms with E-state index >= 15 is 0 Å². The molecule has 1 amide bonds. The first kappa shape index (κ1) is 18.7. The normalized spacial score (nSPS) is 16.5. The van der Waals surface area contributed by atoms with E-state index in [4.69, 9.17) is 14.2 Å². The van der Waals surface area contributed by atoms with Crippen molar-refractivity contribution < 1.29 is 19.0 Å². The lowest BCUT2D eigenvalue weighted by atomic mass is 10.2. The number of amides is 1. The highest BCUT2D eigenvalue weighted by Gasteiger charge is 2.27. The summed E-state index contributed by atoms with van der Waals surface area (Å²) in [5, 5.41) is 0. The Bertz CT molecular complexity index is 1070. The van der Waals surface area contributed by atoms with Crippen LogP contribution in [0.5, 0.6) is 11.5 Å². The quantitative estimate of drug-likeness (QED) is 0.619. The van der Waals surface area contributed by atoms with Crippen molar-refractivity contribution in [2.45, 2.75) is 26.5 Å². The van der Waals surface area contributed by atoms with E-state index < -0.39 is 6.10 Å². The van der Waals surface area contributed by atoms with Crippen molar-refractivity contribution in [3.63, 3.8) is 0 Å². The Morgan fingerprint density at radius 3 is 2.89 bits per heavy atom. The van der Waals surface area contributed by atoms with Crippen LogP contribution in [-0.2, 0) is 16.1 Å². The van der Waals surface area contributed by atoms with Gasteiger partial charge in [0.15, 0.2) is 16.3 Å². The molecule has 3 aromatic rings. The van der Waals surface area contributed by atoms with Gasteiger partial charge in [0, 0.05) is 13.2 Å². The molecule has 0 saturated carbocycles. The highest BCUT2D eigenvalue weighted by atomic mass is 32.1. The van der Waals surface area contributed by atoms with Gasteiger partial charge in [-0.05, 0) is 37.6 Å². The van der Waals surface area contributed by atoms with Gasteiger partial charge in [0.1, 0.15) is 6.61 Å². The Balaban J connectivity index is 1.68. The van der Waals surface area contributed by atoms with Crippen LogP contribution in [0.15, 0.2) is 47.5 Å². The van der Waals surface area contributed by atoms with Crippen LogP contribution in [0.3, 0.4) is 0 Å². The van der Waals surface area contributed by atoms with E-state index in [0.717, 1.165) is 15.8 Å². The minimum absolute atomic E-state index is 0.155. The number of thiazole rings is 1. The molecule has 1 aliphatic rings. The fourth-order valence-corrected chi connectivity index (χ4v) is 4.35. The Hall–Kier alpha value is -2.64. The summed E-state index contributed by atoms with van der Waals surface area (Å²) in [6, 6.07) is 13.5. The summed E-state index contributed by atoms with van der Waals surface area (Å²) in [5.41, 5.74) is 2.23. The Morgan fingerprint density at radius 1 is 1.25 bits per heavy atom. The van der Waals surface area contributed by atoms with Gasteiger partial charge in [0.25, 0.3) is 5.91 Å². The van der Waals surface area contributed by atoms with Crippen LogP contribution in [0, 0.1) is 6.92 Å². The molecule has 28 heavy (non-hydrogen) atoms. The predicted molar refractivity (Wildman–Crippen MR) is 108 cm³/mol. The minimum atomic E-state index is -0.749. The van der Waals surface area contributed by atoms with Crippen LogP contribution in [0.4, 0.5) is 0 Å².